The predicted octanol–water partition coefficient (Wildman–Crippen LogP) is 3.44. The molecule has 1 aromatic carbocycles. The van der Waals surface area contributed by atoms with Crippen LogP contribution in [0.3, 0.4) is 0 Å². The van der Waals surface area contributed by atoms with E-state index in [4.69, 9.17) is 11.6 Å². The lowest BCUT2D eigenvalue weighted by molar-refractivity contribution is 0.268. The quantitative estimate of drug-likeness (QED) is 0.902. The summed E-state index contributed by atoms with van der Waals surface area (Å²) < 4.78 is 1.96. The molecule has 0 radical (unpaired) electrons. The molecule has 1 aromatic heterocycles. The number of aryl methyl sites for hydroxylation is 1. The first-order chi connectivity index (χ1) is 11.1. The van der Waals surface area contributed by atoms with Crippen molar-refractivity contribution in [3.63, 3.8) is 0 Å². The minimum atomic E-state index is 0. The van der Waals surface area contributed by atoms with E-state index in [2.05, 4.69) is 28.4 Å². The largest absolute Gasteiger partial charge is 0.316 e. The molecule has 0 saturated carbocycles. The molecule has 1 unspecified atom stereocenters. The van der Waals surface area contributed by atoms with Gasteiger partial charge in [0.2, 0.25) is 0 Å². The Kier molecular flexibility index (Phi) is 5.21. The van der Waals surface area contributed by atoms with Gasteiger partial charge in [-0.05, 0) is 62.5 Å². The second kappa shape index (κ2) is 7.04. The molecular formula is C18H24Cl2N4. The third kappa shape index (κ3) is 3.47. The number of rotatable bonds is 3. The molecule has 3 heterocycles. The van der Waals surface area contributed by atoms with Crippen molar-refractivity contribution in [1.29, 1.82) is 0 Å². The minimum absolute atomic E-state index is 0. The van der Waals surface area contributed by atoms with Gasteiger partial charge in [0.1, 0.15) is 0 Å². The summed E-state index contributed by atoms with van der Waals surface area (Å²) in [5.41, 5.74) is 4.02. The molecule has 6 heteroatoms. The van der Waals surface area contributed by atoms with Crippen LogP contribution in [0.15, 0.2) is 30.5 Å². The highest BCUT2D eigenvalue weighted by Crippen LogP contribution is 2.36. The Balaban J connectivity index is 0.00000169. The van der Waals surface area contributed by atoms with Crippen molar-refractivity contribution in [3.8, 4) is 5.69 Å². The zero-order valence-electron chi connectivity index (χ0n) is 14.0. The third-order valence-electron chi connectivity index (χ3n) is 5.34. The van der Waals surface area contributed by atoms with E-state index in [1.165, 1.54) is 44.6 Å². The van der Waals surface area contributed by atoms with E-state index in [1.807, 2.05) is 28.9 Å². The van der Waals surface area contributed by atoms with E-state index in [0.717, 1.165) is 22.9 Å². The topological polar surface area (TPSA) is 33.1 Å². The Morgan fingerprint density at radius 2 is 2.04 bits per heavy atom. The molecule has 1 spiro atoms. The molecule has 1 atom stereocenters. The Hall–Kier alpha value is -1.07. The number of nitrogens with one attached hydrogen (secondary N) is 1. The maximum atomic E-state index is 5.97. The van der Waals surface area contributed by atoms with Crippen LogP contribution < -0.4 is 5.32 Å². The van der Waals surface area contributed by atoms with Crippen molar-refractivity contribution in [2.75, 3.05) is 26.2 Å². The van der Waals surface area contributed by atoms with Crippen LogP contribution in [-0.4, -0.2) is 40.9 Å². The molecular weight excluding hydrogens is 343 g/mol. The SMILES string of the molecule is Cc1nn(-c2ccc(Cl)cc2)cc1CN1CCC2(CCNC2)C1.Cl. The van der Waals surface area contributed by atoms with Gasteiger partial charge in [0, 0.05) is 36.4 Å². The smallest absolute Gasteiger partial charge is 0.0646 e. The standard InChI is InChI=1S/C18H23ClN4.ClH/c1-14-15(10-22-9-7-18(13-22)6-8-20-12-18)11-23(21-14)17-4-2-16(19)3-5-17;/h2-5,11,20H,6-10,12-13H2,1H3;1H. The van der Waals surface area contributed by atoms with Crippen LogP contribution in [0.1, 0.15) is 24.1 Å². The second-order valence-corrected chi connectivity index (χ2v) is 7.48. The van der Waals surface area contributed by atoms with Crippen LogP contribution in [0.2, 0.25) is 5.02 Å². The fourth-order valence-electron chi connectivity index (χ4n) is 3.92. The molecule has 2 saturated heterocycles. The van der Waals surface area contributed by atoms with Gasteiger partial charge in [-0.1, -0.05) is 11.6 Å². The van der Waals surface area contributed by atoms with Crippen LogP contribution in [0, 0.1) is 12.3 Å². The zero-order valence-corrected chi connectivity index (χ0v) is 15.5. The molecule has 2 aliphatic heterocycles. The minimum Gasteiger partial charge on any atom is -0.316 e. The van der Waals surface area contributed by atoms with Crippen LogP contribution in [0.25, 0.3) is 5.69 Å². The highest BCUT2D eigenvalue weighted by atomic mass is 35.5. The van der Waals surface area contributed by atoms with Crippen LogP contribution in [0.5, 0.6) is 0 Å². The number of halogens is 2. The molecule has 4 rings (SSSR count). The molecule has 1 N–H and O–H groups in total. The lowest BCUT2D eigenvalue weighted by Gasteiger charge is -2.22. The normalized spacial score (nSPS) is 23.8. The summed E-state index contributed by atoms with van der Waals surface area (Å²) in [5, 5.41) is 8.96. The van der Waals surface area contributed by atoms with Crippen LogP contribution >= 0.6 is 24.0 Å². The summed E-state index contributed by atoms with van der Waals surface area (Å²) in [7, 11) is 0. The van der Waals surface area contributed by atoms with E-state index in [9.17, 15) is 0 Å². The van der Waals surface area contributed by atoms with Gasteiger partial charge in [0.05, 0.1) is 11.4 Å². The molecule has 0 amide bonds. The number of hydrogen-bond donors (Lipinski definition) is 1. The highest BCUT2D eigenvalue weighted by Gasteiger charge is 2.40. The van der Waals surface area contributed by atoms with Gasteiger partial charge in [0.15, 0.2) is 0 Å². The van der Waals surface area contributed by atoms with Crippen molar-refractivity contribution in [3.05, 3.63) is 46.7 Å². The van der Waals surface area contributed by atoms with Crippen molar-refractivity contribution in [2.45, 2.75) is 26.3 Å². The third-order valence-corrected chi connectivity index (χ3v) is 5.59. The summed E-state index contributed by atoms with van der Waals surface area (Å²) in [4.78, 5) is 2.59. The number of aromatic nitrogens is 2. The maximum Gasteiger partial charge on any atom is 0.0646 e. The first-order valence-corrected chi connectivity index (χ1v) is 8.76. The van der Waals surface area contributed by atoms with Gasteiger partial charge in [-0.2, -0.15) is 5.10 Å². The zero-order chi connectivity index (χ0) is 15.9. The summed E-state index contributed by atoms with van der Waals surface area (Å²) in [5.74, 6) is 0. The Bertz CT molecular complexity index is 690. The average Bonchev–Trinajstić information content (AvgIpc) is 3.24. The first-order valence-electron chi connectivity index (χ1n) is 8.38. The Morgan fingerprint density at radius 1 is 1.25 bits per heavy atom. The molecule has 130 valence electrons. The van der Waals surface area contributed by atoms with Gasteiger partial charge in [0.25, 0.3) is 0 Å². The van der Waals surface area contributed by atoms with E-state index in [0.29, 0.717) is 5.41 Å². The summed E-state index contributed by atoms with van der Waals surface area (Å²) in [6.07, 6.45) is 4.81. The average molecular weight is 367 g/mol. The molecule has 2 aliphatic rings. The van der Waals surface area contributed by atoms with Gasteiger partial charge >= 0.3 is 0 Å². The molecule has 0 bridgehead atoms. The van der Waals surface area contributed by atoms with Crippen LogP contribution in [0.4, 0.5) is 0 Å². The van der Waals surface area contributed by atoms with E-state index in [1.54, 1.807) is 0 Å². The number of hydrogen-bond acceptors (Lipinski definition) is 3. The fourth-order valence-corrected chi connectivity index (χ4v) is 4.05. The summed E-state index contributed by atoms with van der Waals surface area (Å²) in [6, 6.07) is 7.83. The Labute approximate surface area is 154 Å². The fraction of sp³-hybridized carbons (Fsp3) is 0.500. The van der Waals surface area contributed by atoms with Crippen molar-refractivity contribution < 1.29 is 0 Å². The first kappa shape index (κ1) is 17.7. The van der Waals surface area contributed by atoms with Crippen LogP contribution in [-0.2, 0) is 6.54 Å². The Morgan fingerprint density at radius 3 is 2.75 bits per heavy atom. The lowest BCUT2D eigenvalue weighted by Crippen LogP contribution is -2.29. The van der Waals surface area contributed by atoms with Gasteiger partial charge in [-0.3, -0.25) is 4.90 Å². The monoisotopic (exact) mass is 366 g/mol. The molecule has 2 fully saturated rings. The number of nitrogens with zero attached hydrogens (tertiary/aromatic N) is 3. The van der Waals surface area contributed by atoms with Gasteiger partial charge in [-0.15, -0.1) is 12.4 Å². The van der Waals surface area contributed by atoms with E-state index in [-0.39, 0.29) is 12.4 Å². The summed E-state index contributed by atoms with van der Waals surface area (Å²) >= 11 is 5.97. The van der Waals surface area contributed by atoms with Gasteiger partial charge < -0.3 is 5.32 Å². The van der Waals surface area contributed by atoms with Crippen molar-refractivity contribution in [1.82, 2.24) is 20.0 Å². The van der Waals surface area contributed by atoms with Crippen molar-refractivity contribution in [2.24, 2.45) is 5.41 Å². The summed E-state index contributed by atoms with van der Waals surface area (Å²) in [6.45, 7) is 7.89. The van der Waals surface area contributed by atoms with Gasteiger partial charge in [-0.25, -0.2) is 4.68 Å². The maximum absolute atomic E-state index is 5.97. The number of benzene rings is 1. The molecule has 24 heavy (non-hydrogen) atoms. The van der Waals surface area contributed by atoms with Crippen molar-refractivity contribution >= 4 is 24.0 Å². The molecule has 4 nitrogen and oxygen atoms in total. The lowest BCUT2D eigenvalue weighted by atomic mass is 9.87. The molecule has 2 aromatic rings. The second-order valence-electron chi connectivity index (χ2n) is 7.05. The van der Waals surface area contributed by atoms with E-state index < -0.39 is 0 Å². The highest BCUT2D eigenvalue weighted by molar-refractivity contribution is 6.30. The molecule has 0 aliphatic carbocycles. The number of likely N-dealkylation sites (tertiary alicyclic amines) is 1. The predicted molar refractivity (Wildman–Crippen MR) is 100 cm³/mol. The van der Waals surface area contributed by atoms with E-state index >= 15 is 0 Å².